The number of hydrogen-bond acceptors (Lipinski definition) is 0. The Morgan fingerprint density at radius 3 is 3.00 bits per heavy atom. The van der Waals surface area contributed by atoms with Crippen LogP contribution in [0.25, 0.3) is 0 Å². The van der Waals surface area contributed by atoms with Crippen LogP contribution in [0.15, 0.2) is 36.5 Å². The van der Waals surface area contributed by atoms with E-state index in [0.717, 1.165) is 6.42 Å². The summed E-state index contributed by atoms with van der Waals surface area (Å²) in [6.45, 7) is 3.67. The molecule has 0 nitrogen and oxygen atoms in total. The normalized spacial score (nSPS) is 18.4. The summed E-state index contributed by atoms with van der Waals surface area (Å²) in [4.78, 5) is 0. The fourth-order valence-electron chi connectivity index (χ4n) is 1.33. The molecule has 0 saturated heterocycles. The molecule has 0 heteroatoms. The fourth-order valence-corrected chi connectivity index (χ4v) is 1.33. The van der Waals surface area contributed by atoms with Crippen LogP contribution in [0.4, 0.5) is 0 Å². The molecule has 0 aliphatic heterocycles. The van der Waals surface area contributed by atoms with Crippen LogP contribution in [-0.4, -0.2) is 0 Å². The Morgan fingerprint density at radius 1 is 1.45 bits per heavy atom. The van der Waals surface area contributed by atoms with Crippen LogP contribution in [0.1, 0.15) is 32.1 Å². The first-order valence-electron chi connectivity index (χ1n) is 4.40. The molecule has 0 spiro atoms. The summed E-state index contributed by atoms with van der Waals surface area (Å²) < 4.78 is 0. The molecule has 11 heavy (non-hydrogen) atoms. The van der Waals surface area contributed by atoms with Gasteiger partial charge in [0, 0.05) is 0 Å². The lowest BCUT2D eigenvalue weighted by Crippen LogP contribution is -1.87. The van der Waals surface area contributed by atoms with Crippen molar-refractivity contribution in [3.05, 3.63) is 36.5 Å². The number of hydrogen-bond donors (Lipinski definition) is 0. The van der Waals surface area contributed by atoms with Gasteiger partial charge in [0.15, 0.2) is 0 Å². The van der Waals surface area contributed by atoms with Gasteiger partial charge in [-0.3, -0.25) is 0 Å². The van der Waals surface area contributed by atoms with Gasteiger partial charge in [-0.1, -0.05) is 29.9 Å². The zero-order valence-corrected chi connectivity index (χ0v) is 7.05. The first kappa shape index (κ1) is 8.32. The lowest BCUT2D eigenvalue weighted by atomic mass is 9.99. The van der Waals surface area contributed by atoms with Gasteiger partial charge >= 0.3 is 0 Å². The summed E-state index contributed by atoms with van der Waals surface area (Å²) in [5, 5.41) is 0. The maximum Gasteiger partial charge on any atom is -0.0169 e. The Balaban J connectivity index is 2.34. The summed E-state index contributed by atoms with van der Waals surface area (Å²) in [6.07, 6.45) is 15.0. The molecule has 0 unspecified atom stereocenters. The van der Waals surface area contributed by atoms with E-state index in [-0.39, 0.29) is 0 Å². The molecule has 0 fully saturated rings. The van der Waals surface area contributed by atoms with Crippen molar-refractivity contribution >= 4 is 0 Å². The van der Waals surface area contributed by atoms with Crippen LogP contribution in [0.5, 0.6) is 0 Å². The van der Waals surface area contributed by atoms with E-state index < -0.39 is 0 Å². The van der Waals surface area contributed by atoms with E-state index in [1.807, 2.05) is 6.08 Å². The molecule has 60 valence electrons. The maximum atomic E-state index is 3.67. The molecule has 1 rings (SSSR count). The van der Waals surface area contributed by atoms with Crippen LogP contribution < -0.4 is 0 Å². The summed E-state index contributed by atoms with van der Waals surface area (Å²) in [5.41, 5.74) is 1.51. The number of rotatable bonds is 3. The highest BCUT2D eigenvalue weighted by Gasteiger charge is 1.98. The minimum Gasteiger partial charge on any atom is -0.103 e. The van der Waals surface area contributed by atoms with E-state index in [1.54, 1.807) is 0 Å². The maximum absolute atomic E-state index is 3.67. The van der Waals surface area contributed by atoms with E-state index >= 15 is 0 Å². The molecule has 0 atom stereocenters. The van der Waals surface area contributed by atoms with Gasteiger partial charge in [0.1, 0.15) is 0 Å². The van der Waals surface area contributed by atoms with Crippen LogP contribution >= 0.6 is 0 Å². The van der Waals surface area contributed by atoms with Crippen molar-refractivity contribution in [2.75, 3.05) is 0 Å². The Labute approximate surface area is 69.3 Å². The Hall–Kier alpha value is -0.780. The summed E-state index contributed by atoms with van der Waals surface area (Å²) >= 11 is 0. The van der Waals surface area contributed by atoms with Gasteiger partial charge in [-0.15, -0.1) is 6.58 Å². The molecule has 1 aliphatic rings. The quantitative estimate of drug-likeness (QED) is 0.536. The lowest BCUT2D eigenvalue weighted by molar-refractivity contribution is 0.712. The Morgan fingerprint density at radius 2 is 2.36 bits per heavy atom. The zero-order valence-electron chi connectivity index (χ0n) is 7.05. The minimum atomic E-state index is 0.997. The third kappa shape index (κ3) is 3.22. The molecule has 0 radical (unpaired) electrons. The van der Waals surface area contributed by atoms with E-state index in [0.29, 0.717) is 0 Å². The van der Waals surface area contributed by atoms with Crippen LogP contribution in [0.2, 0.25) is 0 Å². The fraction of sp³-hybridized carbons (Fsp3) is 0.455. The van der Waals surface area contributed by atoms with E-state index in [2.05, 4.69) is 24.8 Å². The van der Waals surface area contributed by atoms with Gasteiger partial charge < -0.3 is 0 Å². The van der Waals surface area contributed by atoms with Crippen LogP contribution in [-0.2, 0) is 0 Å². The highest BCUT2D eigenvalue weighted by atomic mass is 14.0. The van der Waals surface area contributed by atoms with Crippen molar-refractivity contribution in [1.82, 2.24) is 0 Å². The van der Waals surface area contributed by atoms with E-state index in [4.69, 9.17) is 0 Å². The average Bonchev–Trinajstić information content (AvgIpc) is 2.07. The monoisotopic (exact) mass is 148 g/mol. The van der Waals surface area contributed by atoms with Crippen LogP contribution in [0.3, 0.4) is 0 Å². The average molecular weight is 148 g/mol. The van der Waals surface area contributed by atoms with Crippen molar-refractivity contribution in [2.24, 2.45) is 0 Å². The molecular formula is C11H16. The molecule has 0 amide bonds. The van der Waals surface area contributed by atoms with Gasteiger partial charge in [0.05, 0.1) is 0 Å². The first-order valence-corrected chi connectivity index (χ1v) is 4.40. The predicted molar refractivity (Wildman–Crippen MR) is 50.5 cm³/mol. The van der Waals surface area contributed by atoms with Crippen molar-refractivity contribution < 1.29 is 0 Å². The summed E-state index contributed by atoms with van der Waals surface area (Å²) in [7, 11) is 0. The molecule has 0 aromatic rings. The smallest absolute Gasteiger partial charge is 0.0169 e. The van der Waals surface area contributed by atoms with Gasteiger partial charge in [-0.25, -0.2) is 0 Å². The van der Waals surface area contributed by atoms with E-state index in [9.17, 15) is 0 Å². The van der Waals surface area contributed by atoms with Crippen molar-refractivity contribution in [2.45, 2.75) is 32.1 Å². The topological polar surface area (TPSA) is 0 Å². The standard InChI is InChI=1S/C11H16/c1-2-3-5-8-11-9-6-4-7-10-11/h2,5,8-9H,1,3-4,6-7,10H2/b8-5+. The predicted octanol–water partition coefficient (Wildman–Crippen LogP) is 3.62. The third-order valence-corrected chi connectivity index (χ3v) is 1.96. The molecule has 1 aliphatic carbocycles. The molecule has 0 heterocycles. The second kappa shape index (κ2) is 4.95. The van der Waals surface area contributed by atoms with Crippen molar-refractivity contribution in [3.8, 4) is 0 Å². The Bertz CT molecular complexity index is 172. The van der Waals surface area contributed by atoms with Crippen LogP contribution in [0, 0.1) is 0 Å². The van der Waals surface area contributed by atoms with Gasteiger partial charge in [-0.05, 0) is 32.1 Å². The second-order valence-corrected chi connectivity index (χ2v) is 2.95. The van der Waals surface area contributed by atoms with Gasteiger partial charge in [0.2, 0.25) is 0 Å². The van der Waals surface area contributed by atoms with Gasteiger partial charge in [-0.2, -0.15) is 0 Å². The van der Waals surface area contributed by atoms with E-state index in [1.165, 1.54) is 31.3 Å². The largest absolute Gasteiger partial charge is 0.103 e. The first-order chi connectivity index (χ1) is 5.43. The molecule has 0 aromatic heterocycles. The molecular weight excluding hydrogens is 132 g/mol. The molecule has 0 saturated carbocycles. The molecule has 0 N–H and O–H groups in total. The lowest BCUT2D eigenvalue weighted by Gasteiger charge is -2.07. The zero-order chi connectivity index (χ0) is 7.94. The van der Waals surface area contributed by atoms with Gasteiger partial charge in [0.25, 0.3) is 0 Å². The van der Waals surface area contributed by atoms with Crippen molar-refractivity contribution in [3.63, 3.8) is 0 Å². The highest BCUT2D eigenvalue weighted by molar-refractivity contribution is 5.20. The third-order valence-electron chi connectivity index (χ3n) is 1.96. The number of allylic oxidation sites excluding steroid dienone is 5. The SMILES string of the molecule is C=CC/C=C/C1=CCCCC1. The summed E-state index contributed by atoms with van der Waals surface area (Å²) in [6, 6.07) is 0. The Kier molecular flexibility index (Phi) is 3.74. The highest BCUT2D eigenvalue weighted by Crippen LogP contribution is 2.18. The molecule has 0 bridgehead atoms. The molecule has 0 aromatic carbocycles. The van der Waals surface area contributed by atoms with Crippen molar-refractivity contribution in [1.29, 1.82) is 0 Å². The summed E-state index contributed by atoms with van der Waals surface area (Å²) in [5.74, 6) is 0. The second-order valence-electron chi connectivity index (χ2n) is 2.95. The minimum absolute atomic E-state index is 0.997.